The summed E-state index contributed by atoms with van der Waals surface area (Å²) in [5.74, 6) is 1.46. The quantitative estimate of drug-likeness (QED) is 0.524. The van der Waals surface area contributed by atoms with E-state index in [0.717, 1.165) is 48.9 Å². The standard InChI is InChI=1S/C24H28N4OS/c1-3-27-23(21-14-8-7-10-18(21)2)25-26-24(27)30-17-22(29)28-15-9-13-20(28)16-19-11-5-4-6-12-19/h4-8,10-12,14,20H,3,9,13,15-17H2,1-2H3. The van der Waals surface area contributed by atoms with Crippen LogP contribution in [0.25, 0.3) is 11.4 Å². The molecule has 2 heterocycles. The molecule has 1 aliphatic rings. The number of thioether (sulfide) groups is 1. The minimum atomic E-state index is 0.196. The molecule has 1 unspecified atom stereocenters. The summed E-state index contributed by atoms with van der Waals surface area (Å²) in [6.07, 6.45) is 3.09. The molecular formula is C24H28N4OS. The first-order chi connectivity index (χ1) is 14.7. The van der Waals surface area contributed by atoms with Gasteiger partial charge in [-0.15, -0.1) is 10.2 Å². The summed E-state index contributed by atoms with van der Waals surface area (Å²) < 4.78 is 2.10. The molecule has 1 aromatic heterocycles. The van der Waals surface area contributed by atoms with Gasteiger partial charge in [0.2, 0.25) is 5.91 Å². The van der Waals surface area contributed by atoms with E-state index in [1.165, 1.54) is 22.9 Å². The molecule has 156 valence electrons. The van der Waals surface area contributed by atoms with Crippen molar-refractivity contribution in [3.63, 3.8) is 0 Å². The van der Waals surface area contributed by atoms with Gasteiger partial charge in [-0.2, -0.15) is 0 Å². The predicted octanol–water partition coefficient (Wildman–Crippen LogP) is 4.60. The Morgan fingerprint density at radius 2 is 1.87 bits per heavy atom. The summed E-state index contributed by atoms with van der Waals surface area (Å²) in [5, 5.41) is 9.63. The Balaban J connectivity index is 1.43. The summed E-state index contributed by atoms with van der Waals surface area (Å²) in [6, 6.07) is 19.0. The van der Waals surface area contributed by atoms with Crippen molar-refractivity contribution >= 4 is 17.7 Å². The molecule has 4 rings (SSSR count). The summed E-state index contributed by atoms with van der Waals surface area (Å²) in [4.78, 5) is 15.1. The molecule has 1 fully saturated rings. The van der Waals surface area contributed by atoms with Gasteiger partial charge >= 0.3 is 0 Å². The number of benzene rings is 2. The third kappa shape index (κ3) is 4.43. The van der Waals surface area contributed by atoms with Crippen LogP contribution >= 0.6 is 11.8 Å². The number of aromatic nitrogens is 3. The Morgan fingerprint density at radius 3 is 2.63 bits per heavy atom. The van der Waals surface area contributed by atoms with Crippen LogP contribution in [0.15, 0.2) is 59.8 Å². The second-order valence-electron chi connectivity index (χ2n) is 7.73. The number of rotatable bonds is 7. The van der Waals surface area contributed by atoms with Crippen molar-refractivity contribution in [1.82, 2.24) is 19.7 Å². The average Bonchev–Trinajstić information content (AvgIpc) is 3.39. The SMILES string of the molecule is CCn1c(SCC(=O)N2CCCC2Cc2ccccc2)nnc1-c1ccccc1C. The first-order valence-corrected chi connectivity index (χ1v) is 11.6. The van der Waals surface area contributed by atoms with Gasteiger partial charge in [-0.05, 0) is 44.2 Å². The smallest absolute Gasteiger partial charge is 0.233 e. The van der Waals surface area contributed by atoms with Gasteiger partial charge in [-0.3, -0.25) is 4.79 Å². The van der Waals surface area contributed by atoms with Gasteiger partial charge in [0.05, 0.1) is 5.75 Å². The van der Waals surface area contributed by atoms with Crippen molar-refractivity contribution in [3.8, 4) is 11.4 Å². The number of aryl methyl sites for hydroxylation is 1. The molecule has 2 aromatic carbocycles. The summed E-state index contributed by atoms with van der Waals surface area (Å²) in [7, 11) is 0. The highest BCUT2D eigenvalue weighted by atomic mass is 32.2. The molecule has 0 saturated carbocycles. The third-order valence-corrected chi connectivity index (χ3v) is 6.71. The first-order valence-electron chi connectivity index (χ1n) is 10.6. The summed E-state index contributed by atoms with van der Waals surface area (Å²) in [6.45, 7) is 5.80. The molecule has 1 aliphatic heterocycles. The minimum absolute atomic E-state index is 0.196. The monoisotopic (exact) mass is 420 g/mol. The van der Waals surface area contributed by atoms with Crippen LogP contribution in [0, 0.1) is 6.92 Å². The molecule has 6 heteroatoms. The lowest BCUT2D eigenvalue weighted by Gasteiger charge is -2.24. The molecule has 0 bridgehead atoms. The number of carbonyl (C=O) groups excluding carboxylic acids is 1. The number of nitrogens with zero attached hydrogens (tertiary/aromatic N) is 4. The fourth-order valence-corrected chi connectivity index (χ4v) is 5.06. The fraction of sp³-hybridized carbons (Fsp3) is 0.375. The molecule has 0 spiro atoms. The first kappa shape index (κ1) is 20.7. The number of hydrogen-bond donors (Lipinski definition) is 0. The van der Waals surface area contributed by atoms with E-state index in [-0.39, 0.29) is 5.91 Å². The van der Waals surface area contributed by atoms with Crippen LogP contribution in [0.4, 0.5) is 0 Å². The molecule has 5 nitrogen and oxygen atoms in total. The number of amides is 1. The zero-order chi connectivity index (χ0) is 20.9. The fourth-order valence-electron chi connectivity index (χ4n) is 4.18. The highest BCUT2D eigenvalue weighted by Crippen LogP contribution is 2.28. The Morgan fingerprint density at radius 1 is 1.10 bits per heavy atom. The van der Waals surface area contributed by atoms with Crippen molar-refractivity contribution in [3.05, 3.63) is 65.7 Å². The van der Waals surface area contributed by atoms with E-state index in [4.69, 9.17) is 0 Å². The van der Waals surface area contributed by atoms with Crippen molar-refractivity contribution in [1.29, 1.82) is 0 Å². The molecule has 30 heavy (non-hydrogen) atoms. The van der Waals surface area contributed by atoms with E-state index in [1.807, 2.05) is 18.2 Å². The molecule has 0 radical (unpaired) electrons. The van der Waals surface area contributed by atoms with Crippen LogP contribution in [0.1, 0.15) is 30.9 Å². The van der Waals surface area contributed by atoms with Gasteiger partial charge in [0.25, 0.3) is 0 Å². The number of likely N-dealkylation sites (tertiary alicyclic amines) is 1. The summed E-state index contributed by atoms with van der Waals surface area (Å²) in [5.41, 5.74) is 3.56. The minimum Gasteiger partial charge on any atom is -0.339 e. The Kier molecular flexibility index (Phi) is 6.53. The zero-order valence-electron chi connectivity index (χ0n) is 17.6. The Hall–Kier alpha value is -2.60. The van der Waals surface area contributed by atoms with E-state index in [9.17, 15) is 4.79 Å². The van der Waals surface area contributed by atoms with Crippen molar-refractivity contribution in [2.75, 3.05) is 12.3 Å². The van der Waals surface area contributed by atoms with Gasteiger partial charge in [0, 0.05) is 24.7 Å². The van der Waals surface area contributed by atoms with Crippen molar-refractivity contribution < 1.29 is 4.79 Å². The number of carbonyl (C=O) groups is 1. The Bertz CT molecular complexity index is 1000. The van der Waals surface area contributed by atoms with Gasteiger partial charge in [-0.1, -0.05) is 66.4 Å². The van der Waals surface area contributed by atoms with Crippen LogP contribution < -0.4 is 0 Å². The molecule has 1 saturated heterocycles. The molecule has 0 N–H and O–H groups in total. The van der Waals surface area contributed by atoms with Crippen LogP contribution in [0.2, 0.25) is 0 Å². The lowest BCUT2D eigenvalue weighted by atomic mass is 10.0. The van der Waals surface area contributed by atoms with Gasteiger partial charge in [-0.25, -0.2) is 0 Å². The van der Waals surface area contributed by atoms with Crippen LogP contribution in [0.5, 0.6) is 0 Å². The number of hydrogen-bond acceptors (Lipinski definition) is 4. The normalized spacial score (nSPS) is 16.2. The average molecular weight is 421 g/mol. The maximum Gasteiger partial charge on any atom is 0.233 e. The third-order valence-electron chi connectivity index (χ3n) is 5.76. The van der Waals surface area contributed by atoms with Crippen LogP contribution in [-0.2, 0) is 17.8 Å². The summed E-state index contributed by atoms with van der Waals surface area (Å²) >= 11 is 1.49. The zero-order valence-corrected chi connectivity index (χ0v) is 18.4. The van der Waals surface area contributed by atoms with Gasteiger partial charge in [0.1, 0.15) is 0 Å². The largest absolute Gasteiger partial charge is 0.339 e. The molecule has 0 aliphatic carbocycles. The van der Waals surface area contributed by atoms with Crippen LogP contribution in [-0.4, -0.2) is 43.9 Å². The molecule has 1 atom stereocenters. The topological polar surface area (TPSA) is 51.0 Å². The second-order valence-corrected chi connectivity index (χ2v) is 8.67. The lowest BCUT2D eigenvalue weighted by Crippen LogP contribution is -2.38. The van der Waals surface area contributed by atoms with Crippen molar-refractivity contribution in [2.45, 2.75) is 50.9 Å². The van der Waals surface area contributed by atoms with Crippen molar-refractivity contribution in [2.24, 2.45) is 0 Å². The van der Waals surface area contributed by atoms with Gasteiger partial charge in [0.15, 0.2) is 11.0 Å². The predicted molar refractivity (Wildman–Crippen MR) is 121 cm³/mol. The van der Waals surface area contributed by atoms with Gasteiger partial charge < -0.3 is 9.47 Å². The molecule has 3 aromatic rings. The van der Waals surface area contributed by atoms with E-state index in [1.54, 1.807) is 0 Å². The highest BCUT2D eigenvalue weighted by molar-refractivity contribution is 7.99. The van der Waals surface area contributed by atoms with E-state index >= 15 is 0 Å². The molecular weight excluding hydrogens is 392 g/mol. The second kappa shape index (κ2) is 9.47. The van der Waals surface area contributed by atoms with E-state index in [0.29, 0.717) is 11.8 Å². The van der Waals surface area contributed by atoms with Crippen LogP contribution in [0.3, 0.4) is 0 Å². The van der Waals surface area contributed by atoms with E-state index in [2.05, 4.69) is 69.9 Å². The maximum absolute atomic E-state index is 13.0. The molecule has 1 amide bonds. The highest BCUT2D eigenvalue weighted by Gasteiger charge is 2.29. The lowest BCUT2D eigenvalue weighted by molar-refractivity contribution is -0.129. The maximum atomic E-state index is 13.0. The van der Waals surface area contributed by atoms with E-state index < -0.39 is 0 Å². The Labute approximate surface area is 182 Å².